The van der Waals surface area contributed by atoms with Gasteiger partial charge in [-0.3, -0.25) is 4.79 Å². The van der Waals surface area contributed by atoms with Crippen LogP contribution in [-0.2, 0) is 11.4 Å². The van der Waals surface area contributed by atoms with E-state index in [1.807, 2.05) is 12.1 Å². The summed E-state index contributed by atoms with van der Waals surface area (Å²) in [6, 6.07) is 7.20. The highest BCUT2D eigenvalue weighted by Crippen LogP contribution is 2.25. The van der Waals surface area contributed by atoms with E-state index in [0.29, 0.717) is 15.2 Å². The van der Waals surface area contributed by atoms with Gasteiger partial charge >= 0.3 is 0 Å². The maximum atomic E-state index is 12.7. The Bertz CT molecular complexity index is 830. The highest BCUT2D eigenvalue weighted by Gasteiger charge is 2.19. The molecule has 2 aromatic rings. The largest absolute Gasteiger partial charge is 0.399 e. The fourth-order valence-corrected chi connectivity index (χ4v) is 3.50. The number of oxime groups is 1. The number of anilines is 1. The summed E-state index contributed by atoms with van der Waals surface area (Å²) < 4.78 is 1.90. The Morgan fingerprint density at radius 1 is 1.32 bits per heavy atom. The summed E-state index contributed by atoms with van der Waals surface area (Å²) in [5.74, 6) is 0. The van der Waals surface area contributed by atoms with Crippen LogP contribution in [-0.4, -0.2) is 35.7 Å². The molecular formula is C17H18BrClN4O2. The van der Waals surface area contributed by atoms with Crippen molar-refractivity contribution < 1.29 is 4.84 Å². The van der Waals surface area contributed by atoms with Crippen molar-refractivity contribution >= 4 is 38.9 Å². The van der Waals surface area contributed by atoms with E-state index in [4.69, 9.17) is 16.4 Å². The number of benzene rings is 1. The maximum Gasteiger partial charge on any atom is 0.283 e. The third-order valence-electron chi connectivity index (χ3n) is 4.09. The Hall–Kier alpha value is -1.86. The van der Waals surface area contributed by atoms with Gasteiger partial charge < -0.3 is 9.74 Å². The second-order valence-corrected chi connectivity index (χ2v) is 6.96. The summed E-state index contributed by atoms with van der Waals surface area (Å²) in [6.45, 7) is 2.10. The van der Waals surface area contributed by atoms with Crippen molar-refractivity contribution in [3.63, 3.8) is 0 Å². The molecule has 1 aliphatic rings. The van der Waals surface area contributed by atoms with Crippen molar-refractivity contribution in [3.05, 3.63) is 55.9 Å². The number of nitrogens with zero attached hydrogens (tertiary/aromatic N) is 4. The van der Waals surface area contributed by atoms with Gasteiger partial charge in [0.25, 0.3) is 5.56 Å². The molecule has 0 saturated carbocycles. The molecule has 0 bridgehead atoms. The summed E-state index contributed by atoms with van der Waals surface area (Å²) in [5.41, 5.74) is 2.06. The van der Waals surface area contributed by atoms with Crippen LogP contribution < -0.4 is 10.5 Å². The minimum Gasteiger partial charge on any atom is -0.399 e. The van der Waals surface area contributed by atoms with Crippen molar-refractivity contribution in [3.8, 4) is 0 Å². The van der Waals surface area contributed by atoms with E-state index in [0.717, 1.165) is 37.2 Å². The number of rotatable bonds is 5. The van der Waals surface area contributed by atoms with Gasteiger partial charge in [0.15, 0.2) is 0 Å². The van der Waals surface area contributed by atoms with Gasteiger partial charge in [-0.25, -0.2) is 4.68 Å². The maximum absolute atomic E-state index is 12.7. The van der Waals surface area contributed by atoms with Crippen molar-refractivity contribution in [2.24, 2.45) is 5.16 Å². The molecule has 1 saturated heterocycles. The van der Waals surface area contributed by atoms with E-state index in [9.17, 15) is 4.79 Å². The fraction of sp³-hybridized carbons (Fsp3) is 0.353. The van der Waals surface area contributed by atoms with Crippen molar-refractivity contribution in [2.45, 2.75) is 19.4 Å². The van der Waals surface area contributed by atoms with E-state index in [-0.39, 0.29) is 12.1 Å². The smallest absolute Gasteiger partial charge is 0.283 e. The molecule has 25 heavy (non-hydrogen) atoms. The highest BCUT2D eigenvalue weighted by molar-refractivity contribution is 9.10. The Balaban J connectivity index is 1.90. The Morgan fingerprint density at radius 3 is 2.64 bits per heavy atom. The minimum atomic E-state index is -0.192. The van der Waals surface area contributed by atoms with E-state index in [2.05, 4.69) is 31.1 Å². The SMILES string of the molecule is CON=C(Cn1ncc(N2CCCC2)c(Br)c1=O)c1ccc(Cl)cc1. The van der Waals surface area contributed by atoms with Crippen LogP contribution in [0.2, 0.25) is 5.02 Å². The number of hydrogen-bond acceptors (Lipinski definition) is 5. The third-order valence-corrected chi connectivity index (χ3v) is 5.09. The van der Waals surface area contributed by atoms with E-state index in [1.165, 1.54) is 11.8 Å². The van der Waals surface area contributed by atoms with E-state index >= 15 is 0 Å². The number of hydrogen-bond donors (Lipinski definition) is 0. The molecule has 3 rings (SSSR count). The molecule has 1 aliphatic heterocycles. The Kier molecular flexibility index (Phi) is 5.75. The molecule has 2 heterocycles. The van der Waals surface area contributed by atoms with E-state index in [1.54, 1.807) is 18.3 Å². The van der Waals surface area contributed by atoms with Crippen LogP contribution in [0.15, 0.2) is 44.9 Å². The van der Waals surface area contributed by atoms with Crippen LogP contribution in [0.3, 0.4) is 0 Å². The third kappa shape index (κ3) is 4.04. The zero-order valence-corrected chi connectivity index (χ0v) is 16.1. The Labute approximate surface area is 159 Å². The molecule has 0 unspecified atom stereocenters. The van der Waals surface area contributed by atoms with E-state index < -0.39 is 0 Å². The molecule has 0 atom stereocenters. The lowest BCUT2D eigenvalue weighted by Crippen LogP contribution is -2.30. The first-order valence-corrected chi connectivity index (χ1v) is 9.14. The van der Waals surface area contributed by atoms with Crippen LogP contribution in [0.1, 0.15) is 18.4 Å². The molecule has 1 fully saturated rings. The molecule has 8 heteroatoms. The topological polar surface area (TPSA) is 59.7 Å². The average molecular weight is 426 g/mol. The molecule has 0 spiro atoms. The second-order valence-electron chi connectivity index (χ2n) is 5.73. The lowest BCUT2D eigenvalue weighted by atomic mass is 10.1. The lowest BCUT2D eigenvalue weighted by Gasteiger charge is -2.19. The van der Waals surface area contributed by atoms with Gasteiger partial charge in [-0.1, -0.05) is 28.9 Å². The zero-order chi connectivity index (χ0) is 17.8. The van der Waals surface area contributed by atoms with Gasteiger partial charge in [-0.05, 0) is 40.9 Å². The highest BCUT2D eigenvalue weighted by atomic mass is 79.9. The first-order valence-electron chi connectivity index (χ1n) is 7.96. The van der Waals surface area contributed by atoms with Gasteiger partial charge in [-0.15, -0.1) is 0 Å². The average Bonchev–Trinajstić information content (AvgIpc) is 3.13. The van der Waals surface area contributed by atoms with Crippen LogP contribution in [0, 0.1) is 0 Å². The molecule has 0 amide bonds. The molecule has 0 aliphatic carbocycles. The van der Waals surface area contributed by atoms with Crippen molar-refractivity contribution in [2.75, 3.05) is 25.1 Å². The molecule has 0 N–H and O–H groups in total. The first-order chi connectivity index (χ1) is 12.1. The predicted octanol–water partition coefficient (Wildman–Crippen LogP) is 3.31. The zero-order valence-electron chi connectivity index (χ0n) is 13.8. The van der Waals surface area contributed by atoms with Crippen LogP contribution in [0.25, 0.3) is 0 Å². The second kappa shape index (κ2) is 8.01. The lowest BCUT2D eigenvalue weighted by molar-refractivity contribution is 0.212. The van der Waals surface area contributed by atoms with Crippen LogP contribution >= 0.6 is 27.5 Å². The van der Waals surface area contributed by atoms with Crippen molar-refractivity contribution in [1.29, 1.82) is 0 Å². The monoisotopic (exact) mass is 424 g/mol. The summed E-state index contributed by atoms with van der Waals surface area (Å²) in [5, 5.41) is 8.99. The van der Waals surface area contributed by atoms with Gasteiger partial charge in [-0.2, -0.15) is 5.10 Å². The van der Waals surface area contributed by atoms with Gasteiger partial charge in [0, 0.05) is 23.7 Å². The summed E-state index contributed by atoms with van der Waals surface area (Å²) >= 11 is 9.36. The minimum absolute atomic E-state index is 0.192. The van der Waals surface area contributed by atoms with Gasteiger partial charge in [0.2, 0.25) is 0 Å². The van der Waals surface area contributed by atoms with Gasteiger partial charge in [0.05, 0.1) is 18.4 Å². The first kappa shape index (κ1) is 17.9. The summed E-state index contributed by atoms with van der Waals surface area (Å²) in [6.07, 6.45) is 4.00. The van der Waals surface area contributed by atoms with Crippen LogP contribution in [0.4, 0.5) is 5.69 Å². The standard InChI is InChI=1S/C17H18BrClN4O2/c1-25-21-14(12-4-6-13(19)7-5-12)11-23-17(24)16(18)15(10-20-23)22-8-2-3-9-22/h4-7,10H,2-3,8-9,11H2,1H3. The molecule has 0 radical (unpaired) electrons. The predicted molar refractivity (Wildman–Crippen MR) is 103 cm³/mol. The summed E-state index contributed by atoms with van der Waals surface area (Å²) in [4.78, 5) is 19.8. The molecule has 6 nitrogen and oxygen atoms in total. The Morgan fingerprint density at radius 2 is 2.00 bits per heavy atom. The number of halogens is 2. The quantitative estimate of drug-likeness (QED) is 0.545. The van der Waals surface area contributed by atoms with Crippen LogP contribution in [0.5, 0.6) is 0 Å². The number of aromatic nitrogens is 2. The molecule has 132 valence electrons. The fourth-order valence-electron chi connectivity index (χ4n) is 2.81. The molecule has 1 aromatic heterocycles. The summed E-state index contributed by atoms with van der Waals surface area (Å²) in [7, 11) is 1.47. The molecule has 1 aromatic carbocycles. The molecular weight excluding hydrogens is 408 g/mol. The normalized spacial score (nSPS) is 14.8. The van der Waals surface area contributed by atoms with Gasteiger partial charge in [0.1, 0.15) is 17.3 Å². The van der Waals surface area contributed by atoms with Crippen molar-refractivity contribution in [1.82, 2.24) is 9.78 Å².